The third kappa shape index (κ3) is 5.66. The van der Waals surface area contributed by atoms with Gasteiger partial charge in [-0.2, -0.15) is 8.42 Å². The van der Waals surface area contributed by atoms with Crippen LogP contribution in [-0.2, 0) is 16.7 Å². The lowest BCUT2D eigenvalue weighted by Crippen LogP contribution is -2.12. The predicted molar refractivity (Wildman–Crippen MR) is 128 cm³/mol. The fourth-order valence-corrected chi connectivity index (χ4v) is 4.69. The Kier molecular flexibility index (Phi) is 7.25. The van der Waals surface area contributed by atoms with E-state index in [0.717, 1.165) is 16.8 Å². The van der Waals surface area contributed by atoms with E-state index in [9.17, 15) is 8.42 Å². The Morgan fingerprint density at radius 1 is 0.933 bits per heavy atom. The summed E-state index contributed by atoms with van der Waals surface area (Å²) in [6.07, 6.45) is 0. The molecule has 0 unspecified atom stereocenters. The number of rotatable bonds is 8. The third-order valence-corrected chi connectivity index (χ3v) is 6.46. The number of halogens is 1. The number of aryl methyl sites for hydroxylation is 2. The van der Waals surface area contributed by atoms with Crippen molar-refractivity contribution in [2.45, 2.75) is 32.2 Å². The standard InChI is InChI=1S/C23H24INO4S/c1-4-28-22-14-18(15-25-19-9-5-16(2)6-10-19)13-21(24)23(22)29-30(26,27)20-11-7-17(3)8-12-20/h5-14,25H,4,15H2,1-3H3. The first-order valence-electron chi connectivity index (χ1n) is 9.55. The second-order valence-corrected chi connectivity index (χ2v) is 9.62. The van der Waals surface area contributed by atoms with Gasteiger partial charge in [0.15, 0.2) is 11.5 Å². The van der Waals surface area contributed by atoms with Gasteiger partial charge in [-0.05, 0) is 85.3 Å². The molecule has 0 aliphatic heterocycles. The lowest BCUT2D eigenvalue weighted by molar-refractivity contribution is 0.326. The third-order valence-electron chi connectivity index (χ3n) is 4.42. The first-order chi connectivity index (χ1) is 14.3. The van der Waals surface area contributed by atoms with E-state index in [1.807, 2.05) is 57.2 Å². The zero-order valence-corrected chi connectivity index (χ0v) is 20.1. The van der Waals surface area contributed by atoms with Crippen LogP contribution in [0.1, 0.15) is 23.6 Å². The molecule has 0 aliphatic carbocycles. The summed E-state index contributed by atoms with van der Waals surface area (Å²) in [5, 5.41) is 3.37. The zero-order valence-electron chi connectivity index (χ0n) is 17.1. The van der Waals surface area contributed by atoms with E-state index in [2.05, 4.69) is 27.9 Å². The molecule has 3 rings (SSSR count). The molecule has 0 amide bonds. The summed E-state index contributed by atoms with van der Waals surface area (Å²) >= 11 is 2.08. The van der Waals surface area contributed by atoms with Crippen molar-refractivity contribution in [1.82, 2.24) is 0 Å². The molecule has 0 atom stereocenters. The molecule has 0 heterocycles. The van der Waals surface area contributed by atoms with Crippen LogP contribution in [0.4, 0.5) is 5.69 Å². The summed E-state index contributed by atoms with van der Waals surface area (Å²) < 4.78 is 37.4. The molecule has 3 aromatic rings. The molecule has 0 radical (unpaired) electrons. The highest BCUT2D eigenvalue weighted by molar-refractivity contribution is 14.1. The van der Waals surface area contributed by atoms with Crippen LogP contribution in [-0.4, -0.2) is 15.0 Å². The predicted octanol–water partition coefficient (Wildman–Crippen LogP) is 5.69. The van der Waals surface area contributed by atoms with E-state index in [1.165, 1.54) is 17.7 Å². The van der Waals surface area contributed by atoms with Gasteiger partial charge in [0.2, 0.25) is 0 Å². The maximum atomic E-state index is 12.8. The van der Waals surface area contributed by atoms with E-state index in [1.54, 1.807) is 12.1 Å². The minimum absolute atomic E-state index is 0.108. The molecule has 0 saturated carbocycles. The van der Waals surface area contributed by atoms with Crippen LogP contribution < -0.4 is 14.2 Å². The molecule has 3 aromatic carbocycles. The van der Waals surface area contributed by atoms with Gasteiger partial charge < -0.3 is 14.2 Å². The van der Waals surface area contributed by atoms with Gasteiger partial charge in [-0.15, -0.1) is 0 Å². The highest BCUT2D eigenvalue weighted by Crippen LogP contribution is 2.36. The minimum atomic E-state index is -3.97. The number of nitrogens with one attached hydrogen (secondary N) is 1. The second kappa shape index (κ2) is 9.70. The first kappa shape index (κ1) is 22.4. The van der Waals surface area contributed by atoms with Crippen LogP contribution in [0, 0.1) is 17.4 Å². The summed E-state index contributed by atoms with van der Waals surface area (Å²) in [7, 11) is -3.97. The number of hydrogen-bond acceptors (Lipinski definition) is 5. The molecule has 0 aromatic heterocycles. The van der Waals surface area contributed by atoms with Crippen LogP contribution in [0.3, 0.4) is 0 Å². The Labute approximate surface area is 191 Å². The van der Waals surface area contributed by atoms with E-state index < -0.39 is 10.1 Å². The normalized spacial score (nSPS) is 11.2. The van der Waals surface area contributed by atoms with Gasteiger partial charge in [-0.25, -0.2) is 0 Å². The van der Waals surface area contributed by atoms with Crippen molar-refractivity contribution < 1.29 is 17.3 Å². The molecule has 0 spiro atoms. The van der Waals surface area contributed by atoms with Gasteiger partial charge in [0.05, 0.1) is 10.2 Å². The van der Waals surface area contributed by atoms with Crippen LogP contribution >= 0.6 is 22.6 Å². The van der Waals surface area contributed by atoms with Gasteiger partial charge >= 0.3 is 10.1 Å². The van der Waals surface area contributed by atoms with Crippen molar-refractivity contribution in [3.63, 3.8) is 0 Å². The molecular weight excluding hydrogens is 513 g/mol. The molecule has 158 valence electrons. The Bertz CT molecular complexity index is 1110. The fourth-order valence-electron chi connectivity index (χ4n) is 2.81. The molecule has 5 nitrogen and oxygen atoms in total. The van der Waals surface area contributed by atoms with Crippen molar-refractivity contribution in [2.24, 2.45) is 0 Å². The maximum Gasteiger partial charge on any atom is 0.339 e. The monoisotopic (exact) mass is 537 g/mol. The average Bonchev–Trinajstić information content (AvgIpc) is 2.70. The Morgan fingerprint density at radius 3 is 2.13 bits per heavy atom. The molecule has 7 heteroatoms. The molecule has 0 bridgehead atoms. The second-order valence-electron chi connectivity index (χ2n) is 6.91. The van der Waals surface area contributed by atoms with Crippen LogP contribution in [0.2, 0.25) is 0 Å². The minimum Gasteiger partial charge on any atom is -0.490 e. The Morgan fingerprint density at radius 2 is 1.53 bits per heavy atom. The van der Waals surface area contributed by atoms with Gasteiger partial charge in [-0.3, -0.25) is 0 Å². The Hall–Kier alpha value is -2.26. The van der Waals surface area contributed by atoms with Crippen molar-refractivity contribution in [3.8, 4) is 11.5 Å². The molecule has 0 aliphatic rings. The molecule has 30 heavy (non-hydrogen) atoms. The van der Waals surface area contributed by atoms with Crippen LogP contribution in [0.5, 0.6) is 11.5 Å². The summed E-state index contributed by atoms with van der Waals surface area (Å²) in [6.45, 7) is 6.76. The largest absolute Gasteiger partial charge is 0.490 e. The highest BCUT2D eigenvalue weighted by Gasteiger charge is 2.22. The molecule has 1 N–H and O–H groups in total. The van der Waals surface area contributed by atoms with Gasteiger partial charge in [-0.1, -0.05) is 35.4 Å². The van der Waals surface area contributed by atoms with Crippen molar-refractivity contribution in [2.75, 3.05) is 11.9 Å². The van der Waals surface area contributed by atoms with Crippen molar-refractivity contribution in [1.29, 1.82) is 0 Å². The summed E-state index contributed by atoms with van der Waals surface area (Å²) in [5.74, 6) is 0.609. The number of anilines is 1. The SMILES string of the molecule is CCOc1cc(CNc2ccc(C)cc2)cc(I)c1OS(=O)(=O)c1ccc(C)cc1. The lowest BCUT2D eigenvalue weighted by atomic mass is 10.2. The van der Waals surface area contributed by atoms with E-state index in [-0.39, 0.29) is 10.6 Å². The van der Waals surface area contributed by atoms with E-state index in [0.29, 0.717) is 22.5 Å². The average molecular weight is 537 g/mol. The first-order valence-corrected chi connectivity index (χ1v) is 12.0. The lowest BCUT2D eigenvalue weighted by Gasteiger charge is -2.16. The summed E-state index contributed by atoms with van der Waals surface area (Å²) in [6, 6.07) is 18.4. The van der Waals surface area contributed by atoms with Crippen LogP contribution in [0.25, 0.3) is 0 Å². The van der Waals surface area contributed by atoms with Crippen LogP contribution in [0.15, 0.2) is 65.6 Å². The van der Waals surface area contributed by atoms with Gasteiger partial charge in [0.25, 0.3) is 0 Å². The van der Waals surface area contributed by atoms with Crippen molar-refractivity contribution >= 4 is 38.4 Å². The number of hydrogen-bond donors (Lipinski definition) is 1. The smallest absolute Gasteiger partial charge is 0.339 e. The summed E-state index contributed by atoms with van der Waals surface area (Å²) in [5.41, 5.74) is 4.15. The number of benzene rings is 3. The zero-order chi connectivity index (χ0) is 21.7. The Balaban J connectivity index is 1.85. The van der Waals surface area contributed by atoms with Crippen molar-refractivity contribution in [3.05, 3.63) is 80.9 Å². The molecular formula is C23H24INO4S. The van der Waals surface area contributed by atoms with E-state index in [4.69, 9.17) is 8.92 Å². The van der Waals surface area contributed by atoms with Gasteiger partial charge in [0.1, 0.15) is 4.90 Å². The highest BCUT2D eigenvalue weighted by atomic mass is 127. The molecule has 0 fully saturated rings. The maximum absolute atomic E-state index is 12.8. The number of ether oxygens (including phenoxy) is 1. The topological polar surface area (TPSA) is 64.6 Å². The van der Waals surface area contributed by atoms with Gasteiger partial charge in [0, 0.05) is 12.2 Å². The summed E-state index contributed by atoms with van der Waals surface area (Å²) in [4.78, 5) is 0.108. The molecule has 0 saturated heterocycles. The van der Waals surface area contributed by atoms with E-state index >= 15 is 0 Å². The quantitative estimate of drug-likeness (QED) is 0.296. The fraction of sp³-hybridized carbons (Fsp3) is 0.217.